The molecule has 0 aliphatic carbocycles. The molecule has 3 rings (SSSR count). The predicted molar refractivity (Wildman–Crippen MR) is 85.0 cm³/mol. The first-order valence-corrected chi connectivity index (χ1v) is 9.02. The lowest BCUT2D eigenvalue weighted by Crippen LogP contribution is -2.51. The molecule has 2 atom stereocenters. The van der Waals surface area contributed by atoms with Crippen molar-refractivity contribution in [2.75, 3.05) is 6.54 Å². The van der Waals surface area contributed by atoms with Crippen LogP contribution in [0.25, 0.3) is 0 Å². The summed E-state index contributed by atoms with van der Waals surface area (Å²) in [5.41, 5.74) is 0. The van der Waals surface area contributed by atoms with E-state index in [0.29, 0.717) is 23.7 Å². The van der Waals surface area contributed by atoms with Crippen molar-refractivity contribution in [3.05, 3.63) is 24.3 Å². The highest BCUT2D eigenvalue weighted by molar-refractivity contribution is 7.80. The van der Waals surface area contributed by atoms with Gasteiger partial charge in [-0.25, -0.2) is 14.8 Å². The Morgan fingerprint density at radius 2 is 2.08 bits per heavy atom. The number of carbonyl (C=O) groups excluding carboxylic acids is 2. The Labute approximate surface area is 148 Å². The van der Waals surface area contributed by atoms with Crippen LogP contribution >= 0.6 is 0 Å². The van der Waals surface area contributed by atoms with Gasteiger partial charge in [0.25, 0.3) is 0 Å². The first-order chi connectivity index (χ1) is 12.2. The van der Waals surface area contributed by atoms with Gasteiger partial charge in [-0.1, -0.05) is 0 Å². The molecule has 2 aliphatic heterocycles. The number of aromatic nitrogens is 2. The molecule has 0 radical (unpaired) electrons. The molecule has 2 bridgehead atoms. The summed E-state index contributed by atoms with van der Waals surface area (Å²) in [4.78, 5) is 33.4. The summed E-state index contributed by atoms with van der Waals surface area (Å²) in [6.45, 7) is 0.124. The van der Waals surface area contributed by atoms with Crippen LogP contribution in [-0.2, 0) is 25.9 Å². The average molecular weight is 384 g/mol. The third-order valence-corrected chi connectivity index (χ3v) is 4.39. The topological polar surface area (TPSA) is 166 Å². The highest BCUT2D eigenvalue weighted by atomic mass is 32.3. The number of fused-ring (bicyclic) bond motifs is 2. The van der Waals surface area contributed by atoms with Crippen LogP contribution in [0.4, 0.5) is 4.79 Å². The van der Waals surface area contributed by atoms with Crippen molar-refractivity contribution in [2.45, 2.75) is 31.3 Å². The summed E-state index contributed by atoms with van der Waals surface area (Å²) in [5.74, 6) is -0.390. The van der Waals surface area contributed by atoms with Crippen LogP contribution < -0.4 is 5.32 Å². The molecule has 0 saturated carbocycles. The fourth-order valence-corrected chi connectivity index (χ4v) is 3.36. The molecule has 2 aliphatic rings. The Bertz CT molecular complexity index is 831. The van der Waals surface area contributed by atoms with E-state index in [1.807, 2.05) is 0 Å². The van der Waals surface area contributed by atoms with Crippen LogP contribution in [0.3, 0.4) is 0 Å². The Morgan fingerprint density at radius 1 is 1.38 bits per heavy atom. The van der Waals surface area contributed by atoms with Crippen molar-refractivity contribution in [3.8, 4) is 0 Å². The summed E-state index contributed by atoms with van der Waals surface area (Å²) >= 11 is 0. The van der Waals surface area contributed by atoms with E-state index in [1.165, 1.54) is 17.3 Å². The number of nitrogens with zero attached hydrogens (tertiary/aromatic N) is 4. The van der Waals surface area contributed by atoms with Gasteiger partial charge in [-0.15, -0.1) is 4.28 Å². The molecule has 3 N–H and O–H groups in total. The number of amidine groups is 1. The van der Waals surface area contributed by atoms with Crippen LogP contribution in [0.2, 0.25) is 0 Å². The standard InChI is InChI=1S/C13H16N6O6S/c14-12(17-11(20)6-10-15-4-1-5-16-10)9-3-2-8-7-18(9)13(21)19(8)25-26(22,23)24/h1,4-5,8-9H,2-3,6-7H2,(H2,14,17,20)(H,22,23,24)/t8-,9+/m1/s1. The minimum Gasteiger partial charge on any atom is -0.313 e. The zero-order valence-electron chi connectivity index (χ0n) is 13.4. The number of carbonyl (C=O) groups is 2. The van der Waals surface area contributed by atoms with Gasteiger partial charge in [-0.2, -0.15) is 13.5 Å². The number of piperidine rings is 1. The van der Waals surface area contributed by atoms with Gasteiger partial charge in [-0.3, -0.25) is 14.8 Å². The Kier molecular flexibility index (Phi) is 4.84. The summed E-state index contributed by atoms with van der Waals surface area (Å²) in [7, 11) is -4.83. The van der Waals surface area contributed by atoms with Crippen LogP contribution in [0.1, 0.15) is 18.7 Å². The van der Waals surface area contributed by atoms with Gasteiger partial charge >= 0.3 is 16.4 Å². The maximum absolute atomic E-state index is 12.3. The van der Waals surface area contributed by atoms with Crippen molar-refractivity contribution in [1.82, 2.24) is 25.2 Å². The number of hydrogen-bond donors (Lipinski definition) is 3. The molecule has 12 nitrogen and oxygen atoms in total. The average Bonchev–Trinajstić information content (AvgIpc) is 2.79. The zero-order valence-corrected chi connectivity index (χ0v) is 14.2. The molecule has 0 spiro atoms. The predicted octanol–water partition coefficient (Wildman–Crippen LogP) is -0.884. The number of rotatable bonds is 5. The molecule has 1 aromatic heterocycles. The van der Waals surface area contributed by atoms with E-state index in [2.05, 4.69) is 19.6 Å². The molecule has 1 aromatic rings. The number of nitrogens with one attached hydrogen (secondary N) is 2. The number of urea groups is 1. The summed E-state index contributed by atoms with van der Waals surface area (Å²) in [6, 6.07) is -0.460. The van der Waals surface area contributed by atoms with Crippen molar-refractivity contribution in [2.24, 2.45) is 0 Å². The largest absolute Gasteiger partial charge is 0.418 e. The van der Waals surface area contributed by atoms with Crippen molar-refractivity contribution in [3.63, 3.8) is 0 Å². The van der Waals surface area contributed by atoms with Gasteiger partial charge in [0.1, 0.15) is 11.7 Å². The van der Waals surface area contributed by atoms with E-state index < -0.39 is 34.4 Å². The molecule has 3 heterocycles. The Hall–Kier alpha value is -2.64. The van der Waals surface area contributed by atoms with Gasteiger partial charge < -0.3 is 10.2 Å². The summed E-state index contributed by atoms with van der Waals surface area (Å²) < 4.78 is 34.8. The zero-order chi connectivity index (χ0) is 18.9. The smallest absolute Gasteiger partial charge is 0.313 e. The Balaban J connectivity index is 1.62. The molecule has 140 valence electrons. The van der Waals surface area contributed by atoms with Crippen molar-refractivity contribution >= 4 is 28.2 Å². The molecule has 2 saturated heterocycles. The summed E-state index contributed by atoms with van der Waals surface area (Å²) in [5, 5.41) is 11.1. The molecule has 2 fully saturated rings. The minimum absolute atomic E-state index is 0.121. The van der Waals surface area contributed by atoms with Gasteiger partial charge in [0.15, 0.2) is 0 Å². The minimum atomic E-state index is -4.83. The van der Waals surface area contributed by atoms with E-state index in [4.69, 9.17) is 9.96 Å². The quantitative estimate of drug-likeness (QED) is 0.334. The maximum atomic E-state index is 12.3. The number of amides is 3. The molecule has 0 unspecified atom stereocenters. The fraction of sp³-hybridized carbons (Fsp3) is 0.462. The SMILES string of the molecule is N=C(NC(=O)Cc1ncccn1)[C@@H]1CC[C@@H]2CN1C(=O)N2OS(=O)(=O)O. The first kappa shape index (κ1) is 18.2. The van der Waals surface area contributed by atoms with Crippen LogP contribution in [0.5, 0.6) is 0 Å². The molecule has 0 aromatic carbocycles. The number of hydroxylamine groups is 2. The van der Waals surface area contributed by atoms with Gasteiger partial charge in [0.2, 0.25) is 5.91 Å². The van der Waals surface area contributed by atoms with E-state index in [9.17, 15) is 18.0 Å². The highest BCUT2D eigenvalue weighted by Crippen LogP contribution is 2.30. The molecule has 13 heteroatoms. The summed E-state index contributed by atoms with van der Waals surface area (Å²) in [6.07, 6.45) is 3.56. The molecule has 26 heavy (non-hydrogen) atoms. The van der Waals surface area contributed by atoms with E-state index in [1.54, 1.807) is 6.07 Å². The fourth-order valence-electron chi connectivity index (χ4n) is 2.97. The van der Waals surface area contributed by atoms with E-state index in [-0.39, 0.29) is 18.8 Å². The van der Waals surface area contributed by atoms with Gasteiger partial charge in [0, 0.05) is 18.9 Å². The molecular weight excluding hydrogens is 368 g/mol. The molecule has 3 amide bonds. The van der Waals surface area contributed by atoms with Crippen LogP contribution in [0, 0.1) is 5.41 Å². The normalized spacial score (nSPS) is 22.4. The lowest BCUT2D eigenvalue weighted by Gasteiger charge is -2.30. The number of hydrogen-bond acceptors (Lipinski definition) is 8. The van der Waals surface area contributed by atoms with Crippen LogP contribution in [0.15, 0.2) is 18.5 Å². The third-order valence-electron chi connectivity index (χ3n) is 4.04. The lowest BCUT2D eigenvalue weighted by molar-refractivity contribution is -0.119. The van der Waals surface area contributed by atoms with Gasteiger partial charge in [-0.05, 0) is 18.9 Å². The Morgan fingerprint density at radius 3 is 2.73 bits per heavy atom. The van der Waals surface area contributed by atoms with E-state index in [0.717, 1.165) is 0 Å². The van der Waals surface area contributed by atoms with Crippen molar-refractivity contribution < 1.29 is 26.8 Å². The van der Waals surface area contributed by atoms with Crippen molar-refractivity contribution in [1.29, 1.82) is 5.41 Å². The van der Waals surface area contributed by atoms with Crippen LogP contribution in [-0.4, -0.2) is 69.3 Å². The lowest BCUT2D eigenvalue weighted by atomic mass is 10.00. The van der Waals surface area contributed by atoms with Gasteiger partial charge in [0.05, 0.1) is 18.5 Å². The van der Waals surface area contributed by atoms with E-state index >= 15 is 0 Å². The third kappa shape index (κ3) is 3.95. The second-order valence-electron chi connectivity index (χ2n) is 5.81. The second-order valence-corrected chi connectivity index (χ2v) is 6.82. The monoisotopic (exact) mass is 384 g/mol. The maximum Gasteiger partial charge on any atom is 0.418 e. The highest BCUT2D eigenvalue weighted by Gasteiger charge is 2.48. The second kappa shape index (κ2) is 6.93. The molecular formula is C13H16N6O6S. The first-order valence-electron chi connectivity index (χ1n) is 7.65.